The van der Waals surface area contributed by atoms with Crippen molar-refractivity contribution in [2.24, 2.45) is 0 Å². The number of hydrogen-bond acceptors (Lipinski definition) is 3. The van der Waals surface area contributed by atoms with Gasteiger partial charge < -0.3 is 5.32 Å². The van der Waals surface area contributed by atoms with E-state index in [4.69, 9.17) is 0 Å². The molecule has 3 nitrogen and oxygen atoms in total. The van der Waals surface area contributed by atoms with E-state index in [1.807, 2.05) is 19.1 Å². The number of sulfone groups is 1. The molecule has 90 valence electrons. The topological polar surface area (TPSA) is 46.2 Å². The minimum Gasteiger partial charge on any atom is -0.316 e. The molecule has 16 heavy (non-hydrogen) atoms. The number of hydrogen-bond donors (Lipinski definition) is 1. The quantitative estimate of drug-likeness (QED) is 0.770. The highest BCUT2D eigenvalue weighted by molar-refractivity contribution is 7.91. The predicted octanol–water partition coefficient (Wildman–Crippen LogP) is 1.63. The summed E-state index contributed by atoms with van der Waals surface area (Å²) in [4.78, 5) is 0.419. The lowest BCUT2D eigenvalue weighted by molar-refractivity contribution is 0.592. The average molecular weight is 241 g/mol. The maximum absolute atomic E-state index is 11.9. The van der Waals surface area contributed by atoms with Crippen LogP contribution in [0.25, 0.3) is 0 Å². The monoisotopic (exact) mass is 241 g/mol. The van der Waals surface area contributed by atoms with E-state index in [0.717, 1.165) is 18.5 Å². The van der Waals surface area contributed by atoms with Gasteiger partial charge in [0.1, 0.15) is 0 Å². The number of nitrogens with one attached hydrogen (secondary N) is 1. The number of benzene rings is 1. The first-order valence-electron chi connectivity index (χ1n) is 5.62. The van der Waals surface area contributed by atoms with Crippen LogP contribution in [-0.4, -0.2) is 27.3 Å². The lowest BCUT2D eigenvalue weighted by Crippen LogP contribution is -2.22. The third-order valence-corrected chi connectivity index (χ3v) is 4.22. The summed E-state index contributed by atoms with van der Waals surface area (Å²) in [7, 11) is -3.12. The molecule has 1 N–H and O–H groups in total. The Morgan fingerprint density at radius 2 is 1.75 bits per heavy atom. The first kappa shape index (κ1) is 13.2. The van der Waals surface area contributed by atoms with Crippen molar-refractivity contribution in [1.82, 2.24) is 5.32 Å². The molecular weight excluding hydrogens is 222 g/mol. The lowest BCUT2D eigenvalue weighted by Gasteiger charge is -2.05. The second-order valence-corrected chi connectivity index (χ2v) is 5.78. The van der Waals surface area contributed by atoms with Crippen molar-refractivity contribution in [3.05, 3.63) is 29.8 Å². The van der Waals surface area contributed by atoms with Gasteiger partial charge in [-0.15, -0.1) is 0 Å². The van der Waals surface area contributed by atoms with Crippen LogP contribution in [0.5, 0.6) is 0 Å². The van der Waals surface area contributed by atoms with Gasteiger partial charge in [-0.25, -0.2) is 8.42 Å². The summed E-state index contributed by atoms with van der Waals surface area (Å²) in [6.07, 6.45) is 0.928. The van der Waals surface area contributed by atoms with Gasteiger partial charge in [0.2, 0.25) is 0 Å². The maximum Gasteiger partial charge on any atom is 0.179 e. The zero-order valence-electron chi connectivity index (χ0n) is 9.86. The Morgan fingerprint density at radius 1 is 1.12 bits per heavy atom. The van der Waals surface area contributed by atoms with E-state index in [9.17, 15) is 8.42 Å². The van der Waals surface area contributed by atoms with Gasteiger partial charge in [0.25, 0.3) is 0 Å². The van der Waals surface area contributed by atoms with Crippen molar-refractivity contribution in [2.75, 3.05) is 18.8 Å². The van der Waals surface area contributed by atoms with Crippen LogP contribution in [0.15, 0.2) is 29.2 Å². The van der Waals surface area contributed by atoms with E-state index in [1.54, 1.807) is 12.1 Å². The summed E-state index contributed by atoms with van der Waals surface area (Å²) in [6.45, 7) is 5.32. The van der Waals surface area contributed by atoms with E-state index in [0.29, 0.717) is 11.4 Å². The van der Waals surface area contributed by atoms with E-state index < -0.39 is 9.84 Å². The average Bonchev–Trinajstić information content (AvgIpc) is 2.29. The summed E-state index contributed by atoms with van der Waals surface area (Å²) in [6, 6.07) is 7.14. The van der Waals surface area contributed by atoms with Crippen LogP contribution in [0.1, 0.15) is 19.4 Å². The molecule has 0 aromatic heterocycles. The molecule has 0 spiro atoms. The summed E-state index contributed by atoms with van der Waals surface area (Å²) in [5.41, 5.74) is 1.16. The van der Waals surface area contributed by atoms with E-state index in [-0.39, 0.29) is 5.75 Å². The van der Waals surface area contributed by atoms with Gasteiger partial charge >= 0.3 is 0 Å². The SMILES string of the molecule is CCNCCS(=O)(=O)c1ccc(CC)cc1. The van der Waals surface area contributed by atoms with Gasteiger partial charge in [0, 0.05) is 6.54 Å². The highest BCUT2D eigenvalue weighted by Gasteiger charge is 2.12. The molecule has 0 atom stereocenters. The molecule has 1 rings (SSSR count). The normalized spacial score (nSPS) is 11.6. The van der Waals surface area contributed by atoms with E-state index in [2.05, 4.69) is 12.2 Å². The number of aryl methyl sites for hydroxylation is 1. The summed E-state index contributed by atoms with van der Waals surface area (Å²) in [5.74, 6) is 0.159. The fraction of sp³-hybridized carbons (Fsp3) is 0.500. The van der Waals surface area contributed by atoms with E-state index >= 15 is 0 Å². The Bertz CT molecular complexity index is 409. The van der Waals surface area contributed by atoms with E-state index in [1.165, 1.54) is 0 Å². The van der Waals surface area contributed by atoms with Crippen LogP contribution in [0.2, 0.25) is 0 Å². The maximum atomic E-state index is 11.9. The molecule has 0 radical (unpaired) electrons. The molecule has 0 bridgehead atoms. The lowest BCUT2D eigenvalue weighted by atomic mass is 10.2. The van der Waals surface area contributed by atoms with Crippen LogP contribution >= 0.6 is 0 Å². The standard InChI is InChI=1S/C12H19NO2S/c1-3-11-5-7-12(8-6-11)16(14,15)10-9-13-4-2/h5-8,13H,3-4,9-10H2,1-2H3. The second-order valence-electron chi connectivity index (χ2n) is 3.67. The molecule has 0 aliphatic rings. The summed E-state index contributed by atoms with van der Waals surface area (Å²) >= 11 is 0. The minimum absolute atomic E-state index is 0.159. The highest BCUT2D eigenvalue weighted by atomic mass is 32.2. The van der Waals surface area contributed by atoms with Crippen molar-refractivity contribution >= 4 is 9.84 Å². The van der Waals surface area contributed by atoms with Crippen molar-refractivity contribution in [3.8, 4) is 0 Å². The molecule has 0 aliphatic heterocycles. The van der Waals surface area contributed by atoms with Crippen molar-refractivity contribution in [1.29, 1.82) is 0 Å². The van der Waals surface area contributed by atoms with Gasteiger partial charge in [-0.3, -0.25) is 0 Å². The Balaban J connectivity index is 2.74. The van der Waals surface area contributed by atoms with Crippen LogP contribution in [0.3, 0.4) is 0 Å². The van der Waals surface area contributed by atoms with Crippen LogP contribution in [-0.2, 0) is 16.3 Å². The Labute approximate surface area is 97.8 Å². The van der Waals surface area contributed by atoms with Crippen LogP contribution < -0.4 is 5.32 Å². The zero-order chi connectivity index (χ0) is 12.0. The Kier molecular flexibility index (Phi) is 4.96. The molecule has 0 fully saturated rings. The third-order valence-electron chi connectivity index (χ3n) is 2.49. The Morgan fingerprint density at radius 3 is 2.25 bits per heavy atom. The van der Waals surface area contributed by atoms with Gasteiger partial charge in [-0.2, -0.15) is 0 Å². The smallest absolute Gasteiger partial charge is 0.179 e. The molecule has 0 aliphatic carbocycles. The summed E-state index contributed by atoms with van der Waals surface area (Å²) < 4.78 is 23.7. The molecule has 4 heteroatoms. The largest absolute Gasteiger partial charge is 0.316 e. The second kappa shape index (κ2) is 6.01. The zero-order valence-corrected chi connectivity index (χ0v) is 10.7. The van der Waals surface area contributed by atoms with Gasteiger partial charge in [0.05, 0.1) is 10.6 Å². The van der Waals surface area contributed by atoms with Crippen molar-refractivity contribution in [2.45, 2.75) is 25.2 Å². The van der Waals surface area contributed by atoms with Gasteiger partial charge in [-0.1, -0.05) is 26.0 Å². The van der Waals surface area contributed by atoms with Gasteiger partial charge in [0.15, 0.2) is 9.84 Å². The van der Waals surface area contributed by atoms with Gasteiger partial charge in [-0.05, 0) is 30.7 Å². The van der Waals surface area contributed by atoms with Crippen LogP contribution in [0.4, 0.5) is 0 Å². The first-order chi connectivity index (χ1) is 7.60. The van der Waals surface area contributed by atoms with Crippen molar-refractivity contribution in [3.63, 3.8) is 0 Å². The first-order valence-corrected chi connectivity index (χ1v) is 7.27. The minimum atomic E-state index is -3.12. The molecule has 0 saturated carbocycles. The highest BCUT2D eigenvalue weighted by Crippen LogP contribution is 2.12. The Hall–Kier alpha value is -0.870. The fourth-order valence-electron chi connectivity index (χ4n) is 1.43. The molecule has 0 saturated heterocycles. The molecule has 1 aromatic rings. The van der Waals surface area contributed by atoms with Crippen LogP contribution in [0, 0.1) is 0 Å². The fourth-order valence-corrected chi connectivity index (χ4v) is 2.63. The van der Waals surface area contributed by atoms with Crippen molar-refractivity contribution < 1.29 is 8.42 Å². The molecular formula is C12H19NO2S. The predicted molar refractivity (Wildman–Crippen MR) is 66.4 cm³/mol. The third kappa shape index (κ3) is 3.61. The number of rotatable bonds is 6. The molecule has 1 aromatic carbocycles. The molecule has 0 amide bonds. The molecule has 0 heterocycles. The summed E-state index contributed by atoms with van der Waals surface area (Å²) in [5, 5.41) is 3.02. The molecule has 0 unspecified atom stereocenters.